The van der Waals surface area contributed by atoms with Crippen molar-refractivity contribution in [3.05, 3.63) is 30.1 Å². The Morgan fingerprint density at radius 2 is 1.92 bits per heavy atom. The van der Waals surface area contributed by atoms with E-state index in [9.17, 15) is 31.2 Å². The number of carbonyl (C=O) groups excluding carboxylic acids is 2. The van der Waals surface area contributed by atoms with Crippen molar-refractivity contribution in [1.82, 2.24) is 15.1 Å². The zero-order chi connectivity index (χ0) is 28.6. The molecule has 0 radical (unpaired) electrons. The van der Waals surface area contributed by atoms with Crippen molar-refractivity contribution in [2.45, 2.75) is 70.4 Å². The first-order chi connectivity index (χ1) is 17.4. The highest BCUT2D eigenvalue weighted by Gasteiger charge is 2.51. The number of nitrogens with zero attached hydrogens (tertiary/aromatic N) is 3. The van der Waals surface area contributed by atoms with Crippen LogP contribution in [0.4, 0.5) is 29.3 Å². The number of hydrogen-bond acceptors (Lipinski definition) is 7. The summed E-state index contributed by atoms with van der Waals surface area (Å²) in [5.74, 6) is -0.207. The van der Waals surface area contributed by atoms with E-state index in [0.29, 0.717) is 19.5 Å². The van der Waals surface area contributed by atoms with Gasteiger partial charge in [-0.3, -0.25) is 19.1 Å². The van der Waals surface area contributed by atoms with Gasteiger partial charge in [-0.05, 0) is 52.8 Å². The number of benzene rings is 1. The molecule has 15 heteroatoms. The van der Waals surface area contributed by atoms with E-state index >= 15 is 0 Å². The summed E-state index contributed by atoms with van der Waals surface area (Å²) in [7, 11) is -4.22. The average Bonchev–Trinajstić information content (AvgIpc) is 3.18. The minimum Gasteiger partial charge on any atom is -0.484 e. The normalized spacial score (nSPS) is 16.1. The summed E-state index contributed by atoms with van der Waals surface area (Å²) in [6.07, 6.45) is -5.70. The lowest BCUT2D eigenvalue weighted by Crippen LogP contribution is -2.48. The maximum atomic E-state index is 13.8. The molecule has 2 heterocycles. The van der Waals surface area contributed by atoms with E-state index in [4.69, 9.17) is 4.74 Å². The lowest BCUT2D eigenvalue weighted by molar-refractivity contribution is -0.242. The molecule has 0 fully saturated rings. The van der Waals surface area contributed by atoms with Crippen LogP contribution in [0, 0.1) is 6.92 Å². The van der Waals surface area contributed by atoms with Gasteiger partial charge in [0.2, 0.25) is 11.5 Å². The second-order valence-corrected chi connectivity index (χ2v) is 11.4. The van der Waals surface area contributed by atoms with Crippen molar-refractivity contribution in [2.24, 2.45) is 0 Å². The van der Waals surface area contributed by atoms with Crippen LogP contribution >= 0.6 is 0 Å². The zero-order valence-corrected chi connectivity index (χ0v) is 22.5. The summed E-state index contributed by atoms with van der Waals surface area (Å²) in [4.78, 5) is 23.6. The van der Waals surface area contributed by atoms with Crippen LogP contribution in [-0.4, -0.2) is 61.2 Å². The molecule has 1 aromatic heterocycles. The Labute approximate surface area is 218 Å². The summed E-state index contributed by atoms with van der Waals surface area (Å²) < 4.78 is 80.0. The van der Waals surface area contributed by atoms with E-state index in [1.165, 1.54) is 31.3 Å². The molecule has 1 unspecified atom stereocenters. The number of amides is 2. The van der Waals surface area contributed by atoms with Gasteiger partial charge in [-0.1, -0.05) is 0 Å². The number of alkyl halides is 3. The molecule has 2 aromatic rings. The van der Waals surface area contributed by atoms with Gasteiger partial charge in [-0.25, -0.2) is 13.2 Å². The Morgan fingerprint density at radius 1 is 1.26 bits per heavy atom. The van der Waals surface area contributed by atoms with Crippen LogP contribution in [0.5, 0.6) is 5.75 Å². The Hall–Kier alpha value is -3.49. The lowest BCUT2D eigenvalue weighted by atomic mass is 10.1. The van der Waals surface area contributed by atoms with Crippen molar-refractivity contribution >= 4 is 33.4 Å². The quantitative estimate of drug-likeness (QED) is 0.526. The summed E-state index contributed by atoms with van der Waals surface area (Å²) in [6.45, 7) is 7.86. The van der Waals surface area contributed by atoms with Gasteiger partial charge < -0.3 is 14.8 Å². The fourth-order valence-electron chi connectivity index (χ4n) is 3.71. The molecule has 0 aliphatic carbocycles. The number of rotatable bonds is 7. The van der Waals surface area contributed by atoms with Crippen LogP contribution in [-0.2, 0) is 19.6 Å². The van der Waals surface area contributed by atoms with Gasteiger partial charge in [0.25, 0.3) is 10.0 Å². The standard InChI is InChI=1S/C23H30F3N5O6S/c1-13(2)31-14(3)20(11-28-31)38(34,35)30-12-17(10-27-15(4)32)36-19-8-7-16(9-18(19)30)29-21(33)37-22(5,6)23(24,25)26/h7-9,11,13,17H,10,12H2,1-6H3,(H,27,32)(H,29,33). The van der Waals surface area contributed by atoms with Gasteiger partial charge >= 0.3 is 12.3 Å². The number of anilines is 2. The number of sulfonamides is 1. The predicted molar refractivity (Wildman–Crippen MR) is 132 cm³/mol. The van der Waals surface area contributed by atoms with Gasteiger partial charge in [0.05, 0.1) is 30.7 Å². The third kappa shape index (κ3) is 5.97. The average molecular weight is 562 g/mol. The van der Waals surface area contributed by atoms with Crippen molar-refractivity contribution < 1.29 is 40.7 Å². The molecule has 1 aliphatic rings. The fourth-order valence-corrected chi connectivity index (χ4v) is 5.36. The fraction of sp³-hybridized carbons (Fsp3) is 0.522. The smallest absolute Gasteiger partial charge is 0.427 e. The largest absolute Gasteiger partial charge is 0.484 e. The van der Waals surface area contributed by atoms with Gasteiger partial charge in [-0.2, -0.15) is 18.3 Å². The number of aromatic nitrogens is 2. The van der Waals surface area contributed by atoms with E-state index in [1.54, 1.807) is 11.6 Å². The molecule has 0 saturated heterocycles. The van der Waals surface area contributed by atoms with Gasteiger partial charge in [-0.15, -0.1) is 0 Å². The van der Waals surface area contributed by atoms with Crippen LogP contribution in [0.2, 0.25) is 0 Å². The number of ether oxygens (including phenoxy) is 2. The number of hydrogen-bond donors (Lipinski definition) is 2. The molecule has 0 saturated carbocycles. The van der Waals surface area contributed by atoms with Gasteiger partial charge in [0.15, 0.2) is 0 Å². The third-order valence-corrected chi connectivity index (χ3v) is 7.69. The number of halogens is 3. The van der Waals surface area contributed by atoms with Crippen LogP contribution in [0.1, 0.15) is 46.4 Å². The number of fused-ring (bicyclic) bond motifs is 1. The molecule has 38 heavy (non-hydrogen) atoms. The van der Waals surface area contributed by atoms with Crippen LogP contribution in [0.15, 0.2) is 29.3 Å². The highest BCUT2D eigenvalue weighted by Crippen LogP contribution is 2.40. The first-order valence-electron chi connectivity index (χ1n) is 11.6. The second-order valence-electron chi connectivity index (χ2n) is 9.55. The van der Waals surface area contributed by atoms with E-state index < -0.39 is 34.0 Å². The topological polar surface area (TPSA) is 132 Å². The van der Waals surface area contributed by atoms with Crippen LogP contribution in [0.3, 0.4) is 0 Å². The molecule has 210 valence electrons. The van der Waals surface area contributed by atoms with Crippen molar-refractivity contribution in [3.8, 4) is 5.75 Å². The van der Waals surface area contributed by atoms with Crippen molar-refractivity contribution in [1.29, 1.82) is 0 Å². The van der Waals surface area contributed by atoms with E-state index in [0.717, 1.165) is 4.31 Å². The van der Waals surface area contributed by atoms with E-state index in [-0.39, 0.29) is 47.1 Å². The monoisotopic (exact) mass is 561 g/mol. The molecule has 1 atom stereocenters. The highest BCUT2D eigenvalue weighted by molar-refractivity contribution is 7.92. The highest BCUT2D eigenvalue weighted by atomic mass is 32.2. The Bertz CT molecular complexity index is 1320. The molecular weight excluding hydrogens is 531 g/mol. The van der Waals surface area contributed by atoms with Crippen molar-refractivity contribution in [2.75, 3.05) is 22.7 Å². The first kappa shape index (κ1) is 29.1. The predicted octanol–water partition coefficient (Wildman–Crippen LogP) is 3.75. The first-order valence-corrected chi connectivity index (χ1v) is 13.1. The lowest BCUT2D eigenvalue weighted by Gasteiger charge is -2.35. The molecule has 1 aliphatic heterocycles. The molecule has 3 rings (SSSR count). The summed E-state index contributed by atoms with van der Waals surface area (Å²) >= 11 is 0. The van der Waals surface area contributed by atoms with Crippen molar-refractivity contribution in [3.63, 3.8) is 0 Å². The molecule has 0 bridgehead atoms. The van der Waals surface area contributed by atoms with Crippen LogP contribution in [0.25, 0.3) is 0 Å². The van der Waals surface area contributed by atoms with E-state index in [1.807, 2.05) is 13.8 Å². The van der Waals surface area contributed by atoms with E-state index in [2.05, 4.69) is 20.5 Å². The molecule has 1 aromatic carbocycles. The molecule has 2 N–H and O–H groups in total. The molecular formula is C23H30F3N5O6S. The Kier molecular flexibility index (Phi) is 7.91. The Morgan fingerprint density at radius 3 is 2.47 bits per heavy atom. The Balaban J connectivity index is 1.99. The summed E-state index contributed by atoms with van der Waals surface area (Å²) in [5.41, 5.74) is -2.34. The maximum Gasteiger partial charge on any atom is 0.427 e. The minimum absolute atomic E-state index is 0.0177. The minimum atomic E-state index is -4.81. The molecule has 11 nitrogen and oxygen atoms in total. The molecule has 0 spiro atoms. The third-order valence-electron chi connectivity index (χ3n) is 5.80. The number of carbonyl (C=O) groups is 2. The zero-order valence-electron chi connectivity index (χ0n) is 21.7. The summed E-state index contributed by atoms with van der Waals surface area (Å²) in [6, 6.07) is 3.85. The number of nitrogens with one attached hydrogen (secondary N) is 2. The SMILES string of the molecule is CC(=O)NCC1CN(S(=O)(=O)c2cnn(C(C)C)c2C)c2cc(NC(=O)OC(C)(C)C(F)(F)F)ccc2O1. The van der Waals surface area contributed by atoms with Gasteiger partial charge in [0.1, 0.15) is 16.7 Å². The maximum absolute atomic E-state index is 13.8. The van der Waals surface area contributed by atoms with Crippen LogP contribution < -0.4 is 19.7 Å². The van der Waals surface area contributed by atoms with Gasteiger partial charge in [0, 0.05) is 18.7 Å². The summed E-state index contributed by atoms with van der Waals surface area (Å²) in [5, 5.41) is 8.97. The second kappa shape index (κ2) is 10.3. The molecule has 2 amide bonds.